The standard InChI is InChI=1S/C14H19FN2O2.ClH/c1-10-12(6-4-8-16-10)17-14(18)9-19-13-7-3-2-5-11(13)15;/h2-3,5,7,10,12,16H,4,6,8-9H2,1H3,(H,17,18);1H. The Hall–Kier alpha value is -1.33. The summed E-state index contributed by atoms with van der Waals surface area (Å²) in [5, 5.41) is 6.21. The number of halogens is 2. The molecule has 0 saturated carbocycles. The minimum atomic E-state index is -0.456. The van der Waals surface area contributed by atoms with Gasteiger partial charge in [0.1, 0.15) is 0 Å². The van der Waals surface area contributed by atoms with E-state index in [-0.39, 0.29) is 42.8 Å². The van der Waals surface area contributed by atoms with Gasteiger partial charge in [-0.3, -0.25) is 4.79 Å². The summed E-state index contributed by atoms with van der Waals surface area (Å²) >= 11 is 0. The number of hydrogen-bond acceptors (Lipinski definition) is 3. The van der Waals surface area contributed by atoms with Crippen LogP contribution in [0, 0.1) is 5.82 Å². The van der Waals surface area contributed by atoms with Crippen molar-refractivity contribution < 1.29 is 13.9 Å². The lowest BCUT2D eigenvalue weighted by atomic mass is 10.00. The fraction of sp³-hybridized carbons (Fsp3) is 0.500. The molecular weight excluding hydrogens is 283 g/mol. The number of carbonyl (C=O) groups excluding carboxylic acids is 1. The molecule has 1 saturated heterocycles. The van der Waals surface area contributed by atoms with Gasteiger partial charge in [0.2, 0.25) is 0 Å². The molecule has 1 aliphatic rings. The topological polar surface area (TPSA) is 50.4 Å². The first-order valence-electron chi connectivity index (χ1n) is 6.57. The highest BCUT2D eigenvalue weighted by atomic mass is 35.5. The lowest BCUT2D eigenvalue weighted by molar-refractivity contribution is -0.124. The van der Waals surface area contributed by atoms with E-state index in [1.54, 1.807) is 12.1 Å². The summed E-state index contributed by atoms with van der Waals surface area (Å²) in [7, 11) is 0. The first-order chi connectivity index (χ1) is 9.16. The van der Waals surface area contributed by atoms with Crippen LogP contribution >= 0.6 is 12.4 Å². The summed E-state index contributed by atoms with van der Waals surface area (Å²) < 4.78 is 18.5. The maximum Gasteiger partial charge on any atom is 0.258 e. The van der Waals surface area contributed by atoms with Gasteiger partial charge in [0.25, 0.3) is 5.91 Å². The summed E-state index contributed by atoms with van der Waals surface area (Å²) in [6.45, 7) is 2.87. The number of benzene rings is 1. The van der Waals surface area contributed by atoms with Gasteiger partial charge in [0.05, 0.1) is 0 Å². The summed E-state index contributed by atoms with van der Waals surface area (Å²) in [5.41, 5.74) is 0. The number of para-hydroxylation sites is 1. The Bertz CT molecular complexity index is 445. The predicted octanol–water partition coefficient (Wildman–Crippen LogP) is 1.88. The summed E-state index contributed by atoms with van der Waals surface area (Å²) in [5.74, 6) is -0.570. The van der Waals surface area contributed by atoms with E-state index in [9.17, 15) is 9.18 Å². The fourth-order valence-corrected chi connectivity index (χ4v) is 2.19. The molecule has 6 heteroatoms. The van der Waals surface area contributed by atoms with Gasteiger partial charge < -0.3 is 15.4 Å². The molecule has 2 N–H and O–H groups in total. The highest BCUT2D eigenvalue weighted by Crippen LogP contribution is 2.15. The first-order valence-corrected chi connectivity index (χ1v) is 6.57. The van der Waals surface area contributed by atoms with Crippen molar-refractivity contribution >= 4 is 18.3 Å². The van der Waals surface area contributed by atoms with E-state index in [2.05, 4.69) is 10.6 Å². The number of carbonyl (C=O) groups is 1. The second-order valence-electron chi connectivity index (χ2n) is 4.78. The third kappa shape index (κ3) is 4.65. The normalized spacial score (nSPS) is 21.7. The highest BCUT2D eigenvalue weighted by Gasteiger charge is 2.22. The predicted molar refractivity (Wildman–Crippen MR) is 77.8 cm³/mol. The highest BCUT2D eigenvalue weighted by molar-refractivity contribution is 5.85. The molecule has 1 heterocycles. The molecular formula is C14H20ClFN2O2. The van der Waals surface area contributed by atoms with E-state index in [1.165, 1.54) is 12.1 Å². The largest absolute Gasteiger partial charge is 0.481 e. The zero-order valence-corrected chi connectivity index (χ0v) is 12.2. The minimum absolute atomic E-state index is 0. The third-order valence-electron chi connectivity index (χ3n) is 3.30. The molecule has 1 aromatic carbocycles. The molecule has 1 fully saturated rings. The number of ether oxygens (including phenoxy) is 1. The lowest BCUT2D eigenvalue weighted by Crippen LogP contribution is -2.52. The van der Waals surface area contributed by atoms with Crippen molar-refractivity contribution in [1.29, 1.82) is 0 Å². The Balaban J connectivity index is 0.00000200. The van der Waals surface area contributed by atoms with Gasteiger partial charge in [-0.1, -0.05) is 12.1 Å². The van der Waals surface area contributed by atoms with E-state index in [0.717, 1.165) is 19.4 Å². The Kier molecular flexibility index (Phi) is 6.75. The number of amides is 1. The zero-order valence-electron chi connectivity index (χ0n) is 11.4. The van der Waals surface area contributed by atoms with Crippen molar-refractivity contribution in [1.82, 2.24) is 10.6 Å². The molecule has 1 aromatic rings. The van der Waals surface area contributed by atoms with Gasteiger partial charge in [0, 0.05) is 12.1 Å². The number of piperidine rings is 1. The first kappa shape index (κ1) is 16.7. The summed E-state index contributed by atoms with van der Waals surface area (Å²) in [4.78, 5) is 11.8. The molecule has 2 rings (SSSR count). The van der Waals surface area contributed by atoms with Crippen LogP contribution in [0.5, 0.6) is 5.75 Å². The minimum Gasteiger partial charge on any atom is -0.481 e. The van der Waals surface area contributed by atoms with Crippen LogP contribution in [0.1, 0.15) is 19.8 Å². The average Bonchev–Trinajstić information content (AvgIpc) is 2.40. The molecule has 2 atom stereocenters. The SMILES string of the molecule is CC1NCCCC1NC(=O)COc1ccccc1F.Cl. The average molecular weight is 303 g/mol. The van der Waals surface area contributed by atoms with Gasteiger partial charge in [-0.2, -0.15) is 0 Å². The van der Waals surface area contributed by atoms with Crippen molar-refractivity contribution in [2.75, 3.05) is 13.2 Å². The van der Waals surface area contributed by atoms with Gasteiger partial charge in [0.15, 0.2) is 18.2 Å². The van der Waals surface area contributed by atoms with Crippen LogP contribution in [0.2, 0.25) is 0 Å². The molecule has 0 radical (unpaired) electrons. The van der Waals surface area contributed by atoms with E-state index < -0.39 is 5.82 Å². The van der Waals surface area contributed by atoms with Crippen LogP contribution in [0.15, 0.2) is 24.3 Å². The van der Waals surface area contributed by atoms with Crippen LogP contribution in [0.3, 0.4) is 0 Å². The summed E-state index contributed by atoms with van der Waals surface area (Å²) in [6.07, 6.45) is 2.00. The van der Waals surface area contributed by atoms with Gasteiger partial charge in [-0.05, 0) is 38.4 Å². The zero-order chi connectivity index (χ0) is 13.7. The van der Waals surface area contributed by atoms with Crippen LogP contribution in [-0.2, 0) is 4.79 Å². The molecule has 20 heavy (non-hydrogen) atoms. The Morgan fingerprint density at radius 3 is 2.95 bits per heavy atom. The van der Waals surface area contributed by atoms with Crippen LogP contribution in [-0.4, -0.2) is 31.1 Å². The second-order valence-corrected chi connectivity index (χ2v) is 4.78. The summed E-state index contributed by atoms with van der Waals surface area (Å²) in [6, 6.07) is 6.44. The van der Waals surface area contributed by atoms with Crippen LogP contribution in [0.25, 0.3) is 0 Å². The molecule has 112 valence electrons. The van der Waals surface area contributed by atoms with Gasteiger partial charge in [-0.25, -0.2) is 4.39 Å². The maximum absolute atomic E-state index is 13.3. The third-order valence-corrected chi connectivity index (χ3v) is 3.30. The number of nitrogens with one attached hydrogen (secondary N) is 2. The Morgan fingerprint density at radius 2 is 2.25 bits per heavy atom. The van der Waals surface area contributed by atoms with Crippen molar-refractivity contribution in [3.63, 3.8) is 0 Å². The Labute approximate surface area is 124 Å². The molecule has 0 bridgehead atoms. The molecule has 0 aliphatic carbocycles. The van der Waals surface area contributed by atoms with Gasteiger partial charge >= 0.3 is 0 Å². The molecule has 1 aliphatic heterocycles. The van der Waals surface area contributed by atoms with E-state index in [4.69, 9.17) is 4.74 Å². The van der Waals surface area contributed by atoms with E-state index in [1.807, 2.05) is 6.92 Å². The van der Waals surface area contributed by atoms with Crippen molar-refractivity contribution in [3.05, 3.63) is 30.1 Å². The molecule has 4 nitrogen and oxygen atoms in total. The number of hydrogen-bond donors (Lipinski definition) is 2. The molecule has 2 unspecified atom stereocenters. The smallest absolute Gasteiger partial charge is 0.258 e. The van der Waals surface area contributed by atoms with Gasteiger partial charge in [-0.15, -0.1) is 12.4 Å². The van der Waals surface area contributed by atoms with Crippen molar-refractivity contribution in [2.24, 2.45) is 0 Å². The quantitative estimate of drug-likeness (QED) is 0.893. The van der Waals surface area contributed by atoms with Crippen LogP contribution in [0.4, 0.5) is 4.39 Å². The lowest BCUT2D eigenvalue weighted by Gasteiger charge is -2.30. The second kappa shape index (κ2) is 8.07. The molecule has 0 aromatic heterocycles. The van der Waals surface area contributed by atoms with E-state index >= 15 is 0 Å². The number of rotatable bonds is 4. The molecule has 0 spiro atoms. The Morgan fingerprint density at radius 1 is 1.50 bits per heavy atom. The van der Waals surface area contributed by atoms with Crippen molar-refractivity contribution in [2.45, 2.75) is 31.8 Å². The van der Waals surface area contributed by atoms with Crippen molar-refractivity contribution in [3.8, 4) is 5.75 Å². The monoisotopic (exact) mass is 302 g/mol. The fourth-order valence-electron chi connectivity index (χ4n) is 2.19. The van der Waals surface area contributed by atoms with E-state index in [0.29, 0.717) is 0 Å². The molecule has 1 amide bonds. The van der Waals surface area contributed by atoms with Crippen LogP contribution < -0.4 is 15.4 Å². The maximum atomic E-state index is 13.3.